The minimum Gasteiger partial charge on any atom is -0.389 e. The molecule has 3 nitrogen and oxygen atoms in total. The lowest BCUT2D eigenvalue weighted by molar-refractivity contribution is -0.122. The Morgan fingerprint density at radius 2 is 2.13 bits per heavy atom. The molecule has 1 amide bonds. The monoisotopic (exact) mass is 205 g/mol. The summed E-state index contributed by atoms with van der Waals surface area (Å²) in [6.07, 6.45) is 0.652. The van der Waals surface area contributed by atoms with Gasteiger partial charge >= 0.3 is 0 Å². The van der Waals surface area contributed by atoms with Gasteiger partial charge in [0.25, 0.3) is 0 Å². The molecule has 80 valence electrons. The maximum atomic E-state index is 11.3. The van der Waals surface area contributed by atoms with Gasteiger partial charge in [-0.1, -0.05) is 36.4 Å². The summed E-state index contributed by atoms with van der Waals surface area (Å²) in [6, 6.07) is 9.63. The summed E-state index contributed by atoms with van der Waals surface area (Å²) in [7, 11) is 0. The fraction of sp³-hybridized carbons (Fsp3) is 0.250. The van der Waals surface area contributed by atoms with Gasteiger partial charge in [-0.3, -0.25) is 4.79 Å². The van der Waals surface area contributed by atoms with E-state index in [1.807, 2.05) is 30.3 Å². The fourth-order valence-corrected chi connectivity index (χ4v) is 1.14. The maximum Gasteiger partial charge on any atom is 0.223 e. The summed E-state index contributed by atoms with van der Waals surface area (Å²) in [5.41, 5.74) is 1.04. The van der Waals surface area contributed by atoms with Crippen LogP contribution >= 0.6 is 0 Å². The second kappa shape index (κ2) is 5.98. The highest BCUT2D eigenvalue weighted by molar-refractivity contribution is 5.76. The van der Waals surface area contributed by atoms with Crippen molar-refractivity contribution in [2.45, 2.75) is 19.1 Å². The summed E-state index contributed by atoms with van der Waals surface area (Å²) in [5, 5.41) is 11.9. The Labute approximate surface area is 89.4 Å². The Kier molecular flexibility index (Phi) is 4.57. The van der Waals surface area contributed by atoms with Gasteiger partial charge in [-0.05, 0) is 5.56 Å². The van der Waals surface area contributed by atoms with Gasteiger partial charge in [0.05, 0.1) is 12.5 Å². The van der Waals surface area contributed by atoms with Crippen LogP contribution in [0.25, 0.3) is 0 Å². The van der Waals surface area contributed by atoms with Crippen LogP contribution in [-0.4, -0.2) is 17.1 Å². The van der Waals surface area contributed by atoms with Crippen LogP contribution in [0, 0.1) is 0 Å². The van der Waals surface area contributed by atoms with E-state index in [1.54, 1.807) is 0 Å². The van der Waals surface area contributed by atoms with E-state index < -0.39 is 6.10 Å². The highest BCUT2D eigenvalue weighted by Gasteiger charge is 2.06. The summed E-state index contributed by atoms with van der Waals surface area (Å²) >= 11 is 0. The van der Waals surface area contributed by atoms with Crippen LogP contribution in [0.3, 0.4) is 0 Å². The molecule has 0 bridgehead atoms. The molecule has 1 aromatic rings. The molecule has 1 atom stereocenters. The Balaban J connectivity index is 2.31. The number of hydrogen-bond acceptors (Lipinski definition) is 2. The molecule has 1 unspecified atom stereocenters. The van der Waals surface area contributed by atoms with Gasteiger partial charge in [-0.2, -0.15) is 0 Å². The molecule has 0 fully saturated rings. The number of carbonyl (C=O) groups excluding carboxylic acids is 1. The smallest absolute Gasteiger partial charge is 0.223 e. The normalized spacial score (nSPS) is 11.8. The van der Waals surface area contributed by atoms with Gasteiger partial charge in [0.1, 0.15) is 0 Å². The quantitative estimate of drug-likeness (QED) is 0.710. The average Bonchev–Trinajstić information content (AvgIpc) is 2.27. The van der Waals surface area contributed by atoms with E-state index in [0.717, 1.165) is 5.56 Å². The zero-order valence-corrected chi connectivity index (χ0v) is 8.52. The van der Waals surface area contributed by atoms with E-state index in [4.69, 9.17) is 5.11 Å². The number of rotatable bonds is 5. The van der Waals surface area contributed by atoms with Gasteiger partial charge in [0.15, 0.2) is 0 Å². The number of hydrogen-bond donors (Lipinski definition) is 2. The third kappa shape index (κ3) is 4.42. The van der Waals surface area contributed by atoms with Crippen LogP contribution in [0.2, 0.25) is 0 Å². The Morgan fingerprint density at radius 1 is 1.47 bits per heavy atom. The summed E-state index contributed by atoms with van der Waals surface area (Å²) in [4.78, 5) is 11.3. The van der Waals surface area contributed by atoms with Crippen molar-refractivity contribution in [1.29, 1.82) is 0 Å². The summed E-state index contributed by atoms with van der Waals surface area (Å²) < 4.78 is 0. The number of nitrogens with one attached hydrogen (secondary N) is 1. The first-order valence-electron chi connectivity index (χ1n) is 4.83. The summed E-state index contributed by atoms with van der Waals surface area (Å²) in [6.45, 7) is 3.89. The largest absolute Gasteiger partial charge is 0.389 e. The maximum absolute atomic E-state index is 11.3. The molecule has 15 heavy (non-hydrogen) atoms. The number of aliphatic hydroxyl groups excluding tert-OH is 1. The standard InChI is InChI=1S/C12H15NO2/c1-2-11(14)8-12(15)13-9-10-6-4-3-5-7-10/h2-7,11,14H,1,8-9H2,(H,13,15). The molecule has 1 rings (SSSR count). The molecule has 3 heteroatoms. The van der Waals surface area contributed by atoms with Crippen LogP contribution in [0.5, 0.6) is 0 Å². The average molecular weight is 205 g/mol. The summed E-state index contributed by atoms with van der Waals surface area (Å²) in [5.74, 6) is -0.175. The number of benzene rings is 1. The second-order valence-electron chi connectivity index (χ2n) is 3.27. The lowest BCUT2D eigenvalue weighted by atomic mass is 10.2. The minimum absolute atomic E-state index is 0.0658. The molecule has 0 heterocycles. The van der Waals surface area contributed by atoms with Gasteiger partial charge in [-0.15, -0.1) is 6.58 Å². The fourth-order valence-electron chi connectivity index (χ4n) is 1.14. The van der Waals surface area contributed by atoms with Crippen molar-refractivity contribution < 1.29 is 9.90 Å². The lowest BCUT2D eigenvalue weighted by Crippen LogP contribution is -2.26. The van der Waals surface area contributed by atoms with Crippen LogP contribution in [0.1, 0.15) is 12.0 Å². The Morgan fingerprint density at radius 3 is 2.73 bits per heavy atom. The minimum atomic E-state index is -0.763. The number of carbonyl (C=O) groups is 1. The molecular formula is C12H15NO2. The van der Waals surface area contributed by atoms with Crippen molar-refractivity contribution >= 4 is 5.91 Å². The second-order valence-corrected chi connectivity index (χ2v) is 3.27. The lowest BCUT2D eigenvalue weighted by Gasteiger charge is -2.06. The molecule has 0 aliphatic carbocycles. The third-order valence-electron chi connectivity index (χ3n) is 2.00. The van der Waals surface area contributed by atoms with Crippen LogP contribution in [0.15, 0.2) is 43.0 Å². The molecule has 0 aromatic heterocycles. The number of aliphatic hydroxyl groups is 1. The Bertz CT molecular complexity index is 322. The predicted molar refractivity (Wildman–Crippen MR) is 59.1 cm³/mol. The van der Waals surface area contributed by atoms with Crippen molar-refractivity contribution in [2.75, 3.05) is 0 Å². The van der Waals surface area contributed by atoms with E-state index in [1.165, 1.54) is 6.08 Å². The van der Waals surface area contributed by atoms with Crippen LogP contribution in [0.4, 0.5) is 0 Å². The molecule has 0 aliphatic heterocycles. The highest BCUT2D eigenvalue weighted by Crippen LogP contribution is 1.98. The zero-order valence-electron chi connectivity index (χ0n) is 8.52. The van der Waals surface area contributed by atoms with Crippen molar-refractivity contribution in [3.8, 4) is 0 Å². The molecular weight excluding hydrogens is 190 g/mol. The van der Waals surface area contributed by atoms with Crippen LogP contribution < -0.4 is 5.32 Å². The van der Waals surface area contributed by atoms with E-state index >= 15 is 0 Å². The molecule has 1 aromatic carbocycles. The highest BCUT2D eigenvalue weighted by atomic mass is 16.3. The van der Waals surface area contributed by atoms with E-state index in [9.17, 15) is 4.79 Å². The first-order chi connectivity index (χ1) is 7.22. The molecule has 2 N–H and O–H groups in total. The molecule has 0 aliphatic rings. The van der Waals surface area contributed by atoms with Gasteiger partial charge < -0.3 is 10.4 Å². The molecule has 0 spiro atoms. The van der Waals surface area contributed by atoms with Gasteiger partial charge in [0, 0.05) is 6.54 Å². The predicted octanol–water partition coefficient (Wildman–Crippen LogP) is 1.24. The number of amides is 1. The molecule has 0 saturated carbocycles. The van der Waals surface area contributed by atoms with E-state index in [0.29, 0.717) is 6.54 Å². The SMILES string of the molecule is C=CC(O)CC(=O)NCc1ccccc1. The molecule has 0 saturated heterocycles. The van der Waals surface area contributed by atoms with Crippen LogP contribution in [-0.2, 0) is 11.3 Å². The van der Waals surface area contributed by atoms with Crippen molar-refractivity contribution in [3.63, 3.8) is 0 Å². The molecule has 0 radical (unpaired) electrons. The van der Waals surface area contributed by atoms with E-state index in [-0.39, 0.29) is 12.3 Å². The Hall–Kier alpha value is -1.61. The van der Waals surface area contributed by atoms with Gasteiger partial charge in [-0.25, -0.2) is 0 Å². The van der Waals surface area contributed by atoms with Crippen molar-refractivity contribution in [3.05, 3.63) is 48.6 Å². The van der Waals surface area contributed by atoms with Gasteiger partial charge in [0.2, 0.25) is 5.91 Å². The first-order valence-corrected chi connectivity index (χ1v) is 4.83. The van der Waals surface area contributed by atoms with Crippen molar-refractivity contribution in [1.82, 2.24) is 5.32 Å². The third-order valence-corrected chi connectivity index (χ3v) is 2.00. The first kappa shape index (κ1) is 11.5. The van der Waals surface area contributed by atoms with E-state index in [2.05, 4.69) is 11.9 Å². The topological polar surface area (TPSA) is 49.3 Å². The van der Waals surface area contributed by atoms with Crippen molar-refractivity contribution in [2.24, 2.45) is 0 Å². The zero-order chi connectivity index (χ0) is 11.1.